The van der Waals surface area contributed by atoms with Gasteiger partial charge in [0.05, 0.1) is 17.8 Å². The molecule has 1 aliphatic carbocycles. The first-order valence-corrected chi connectivity index (χ1v) is 9.96. The lowest BCUT2D eigenvalue weighted by atomic mass is 10.0. The van der Waals surface area contributed by atoms with Crippen molar-refractivity contribution in [3.8, 4) is 0 Å². The zero-order chi connectivity index (χ0) is 17.9. The van der Waals surface area contributed by atoms with Gasteiger partial charge < -0.3 is 19.9 Å². The predicted molar refractivity (Wildman–Crippen MR) is 106 cm³/mol. The minimum absolute atomic E-state index is 0.0254. The highest BCUT2D eigenvalue weighted by Gasteiger charge is 2.41. The van der Waals surface area contributed by atoms with E-state index in [2.05, 4.69) is 44.2 Å². The molecule has 5 nitrogen and oxygen atoms in total. The highest BCUT2D eigenvalue weighted by Crippen LogP contribution is 2.41. The molecule has 2 aromatic rings. The van der Waals surface area contributed by atoms with Crippen LogP contribution in [-0.4, -0.2) is 37.8 Å². The number of aromatic nitrogens is 2. The lowest BCUT2D eigenvalue weighted by molar-refractivity contribution is 0.241. The van der Waals surface area contributed by atoms with E-state index in [4.69, 9.17) is 12.2 Å². The standard InChI is InChI=1S/C20H26N4OS/c25-14-6-13-24-19(17-10-5-12-23(17)15-7-1-2-8-15)18(22-20(24)26)16-9-3-4-11-21-16/h3-5,9-12,15,18-19,25H,1-2,6-8,13-14H2,(H,22,26). The van der Waals surface area contributed by atoms with Crippen LogP contribution >= 0.6 is 12.2 Å². The Morgan fingerprint density at radius 3 is 2.77 bits per heavy atom. The largest absolute Gasteiger partial charge is 0.396 e. The summed E-state index contributed by atoms with van der Waals surface area (Å²) in [7, 11) is 0. The van der Waals surface area contributed by atoms with E-state index >= 15 is 0 Å². The summed E-state index contributed by atoms with van der Waals surface area (Å²) >= 11 is 5.66. The van der Waals surface area contributed by atoms with Crippen molar-refractivity contribution in [1.29, 1.82) is 0 Å². The summed E-state index contributed by atoms with van der Waals surface area (Å²) in [5.74, 6) is 0. The molecule has 26 heavy (non-hydrogen) atoms. The Labute approximate surface area is 160 Å². The summed E-state index contributed by atoms with van der Waals surface area (Å²) in [6.07, 6.45) is 9.87. The molecule has 0 aromatic carbocycles. The van der Waals surface area contributed by atoms with Gasteiger partial charge in [-0.2, -0.15) is 0 Å². The van der Waals surface area contributed by atoms with E-state index in [1.54, 1.807) is 0 Å². The molecule has 2 aliphatic rings. The number of nitrogens with zero attached hydrogens (tertiary/aromatic N) is 3. The molecule has 0 radical (unpaired) electrons. The van der Waals surface area contributed by atoms with Crippen LogP contribution in [0.1, 0.15) is 61.6 Å². The topological polar surface area (TPSA) is 53.3 Å². The van der Waals surface area contributed by atoms with Gasteiger partial charge in [-0.25, -0.2) is 0 Å². The molecule has 0 bridgehead atoms. The second kappa shape index (κ2) is 7.76. The number of aliphatic hydroxyl groups excluding tert-OH is 1. The number of hydrogen-bond donors (Lipinski definition) is 2. The first-order valence-electron chi connectivity index (χ1n) is 9.55. The number of thiocarbonyl (C=S) groups is 1. The van der Waals surface area contributed by atoms with Crippen molar-refractivity contribution in [2.24, 2.45) is 0 Å². The van der Waals surface area contributed by atoms with Crippen LogP contribution in [0.15, 0.2) is 42.7 Å². The van der Waals surface area contributed by atoms with E-state index < -0.39 is 0 Å². The third kappa shape index (κ3) is 3.23. The SMILES string of the molecule is OCCCN1C(=S)NC(c2ccccn2)C1c1cccn1C1CCCC1. The third-order valence-corrected chi connectivity index (χ3v) is 5.94. The fourth-order valence-electron chi connectivity index (χ4n) is 4.38. The molecule has 3 heterocycles. The zero-order valence-electron chi connectivity index (χ0n) is 14.9. The van der Waals surface area contributed by atoms with Crippen LogP contribution < -0.4 is 5.32 Å². The first-order chi connectivity index (χ1) is 12.8. The van der Waals surface area contributed by atoms with Gasteiger partial charge in [0.25, 0.3) is 0 Å². The van der Waals surface area contributed by atoms with E-state index in [-0.39, 0.29) is 18.7 Å². The fraction of sp³-hybridized carbons (Fsp3) is 0.500. The maximum absolute atomic E-state index is 9.33. The molecule has 2 unspecified atom stereocenters. The molecule has 0 spiro atoms. The lowest BCUT2D eigenvalue weighted by Crippen LogP contribution is -2.32. The average Bonchev–Trinajstić information content (AvgIpc) is 3.40. The van der Waals surface area contributed by atoms with Gasteiger partial charge in [0, 0.05) is 37.3 Å². The average molecular weight is 371 g/mol. The molecular weight excluding hydrogens is 344 g/mol. The van der Waals surface area contributed by atoms with E-state index in [0.29, 0.717) is 12.5 Å². The Morgan fingerprint density at radius 1 is 1.19 bits per heavy atom. The van der Waals surface area contributed by atoms with Crippen molar-refractivity contribution >= 4 is 17.3 Å². The Bertz CT molecular complexity index is 741. The van der Waals surface area contributed by atoms with E-state index in [0.717, 1.165) is 17.4 Å². The molecular formula is C20H26N4OS. The van der Waals surface area contributed by atoms with Crippen LogP contribution in [0.25, 0.3) is 0 Å². The molecule has 1 aliphatic heterocycles. The van der Waals surface area contributed by atoms with Crippen molar-refractivity contribution in [2.75, 3.05) is 13.2 Å². The molecule has 6 heteroatoms. The second-order valence-electron chi connectivity index (χ2n) is 7.18. The molecule has 2 fully saturated rings. The number of hydrogen-bond acceptors (Lipinski definition) is 3. The van der Waals surface area contributed by atoms with Gasteiger partial charge in [-0.15, -0.1) is 0 Å². The maximum Gasteiger partial charge on any atom is 0.170 e. The van der Waals surface area contributed by atoms with Gasteiger partial charge in [-0.1, -0.05) is 18.9 Å². The fourth-order valence-corrected chi connectivity index (χ4v) is 4.71. The summed E-state index contributed by atoms with van der Waals surface area (Å²) in [5.41, 5.74) is 2.29. The second-order valence-corrected chi connectivity index (χ2v) is 7.56. The maximum atomic E-state index is 9.33. The van der Waals surface area contributed by atoms with E-state index in [1.165, 1.54) is 31.4 Å². The molecule has 1 saturated heterocycles. The molecule has 2 atom stereocenters. The van der Waals surface area contributed by atoms with Crippen LogP contribution in [0.3, 0.4) is 0 Å². The van der Waals surface area contributed by atoms with Gasteiger partial charge in [-0.3, -0.25) is 4.98 Å². The minimum Gasteiger partial charge on any atom is -0.396 e. The van der Waals surface area contributed by atoms with Gasteiger partial charge in [-0.05, 0) is 55.7 Å². The molecule has 2 aromatic heterocycles. The summed E-state index contributed by atoms with van der Waals surface area (Å²) in [4.78, 5) is 6.82. The Hall–Kier alpha value is -1.92. The van der Waals surface area contributed by atoms with E-state index in [1.807, 2.05) is 18.3 Å². The number of nitrogens with one attached hydrogen (secondary N) is 1. The van der Waals surface area contributed by atoms with Crippen LogP contribution in [0.2, 0.25) is 0 Å². The van der Waals surface area contributed by atoms with E-state index in [9.17, 15) is 5.11 Å². The third-order valence-electron chi connectivity index (χ3n) is 5.59. The molecule has 1 saturated carbocycles. The highest BCUT2D eigenvalue weighted by atomic mass is 32.1. The normalized spacial score (nSPS) is 23.6. The first kappa shape index (κ1) is 17.5. The summed E-state index contributed by atoms with van der Waals surface area (Å²) in [6, 6.07) is 11.1. The monoisotopic (exact) mass is 370 g/mol. The smallest absolute Gasteiger partial charge is 0.170 e. The Kier molecular flexibility index (Phi) is 5.22. The zero-order valence-corrected chi connectivity index (χ0v) is 15.7. The molecule has 2 N–H and O–H groups in total. The summed E-state index contributed by atoms with van der Waals surface area (Å²) in [6.45, 7) is 0.913. The Morgan fingerprint density at radius 2 is 2.04 bits per heavy atom. The molecule has 4 rings (SSSR count). The van der Waals surface area contributed by atoms with Gasteiger partial charge in [0.1, 0.15) is 0 Å². The van der Waals surface area contributed by atoms with Crippen molar-refractivity contribution < 1.29 is 5.11 Å². The number of aliphatic hydroxyl groups is 1. The Balaban J connectivity index is 1.72. The number of pyridine rings is 1. The van der Waals surface area contributed by atoms with Crippen molar-refractivity contribution in [3.05, 3.63) is 54.1 Å². The van der Waals surface area contributed by atoms with Gasteiger partial charge >= 0.3 is 0 Å². The number of rotatable bonds is 6. The summed E-state index contributed by atoms with van der Waals surface area (Å²) < 4.78 is 2.45. The van der Waals surface area contributed by atoms with Gasteiger partial charge in [0.15, 0.2) is 5.11 Å². The van der Waals surface area contributed by atoms with Crippen LogP contribution in [0.5, 0.6) is 0 Å². The van der Waals surface area contributed by atoms with Crippen molar-refractivity contribution in [3.63, 3.8) is 0 Å². The molecule has 0 amide bonds. The molecule has 138 valence electrons. The quantitative estimate of drug-likeness (QED) is 0.764. The van der Waals surface area contributed by atoms with Gasteiger partial charge in [0.2, 0.25) is 0 Å². The predicted octanol–water partition coefficient (Wildman–Crippen LogP) is 3.35. The lowest BCUT2D eigenvalue weighted by Gasteiger charge is -2.30. The van der Waals surface area contributed by atoms with Crippen LogP contribution in [-0.2, 0) is 0 Å². The highest BCUT2D eigenvalue weighted by molar-refractivity contribution is 7.80. The van der Waals surface area contributed by atoms with Crippen LogP contribution in [0, 0.1) is 0 Å². The van der Waals surface area contributed by atoms with Crippen LogP contribution in [0.4, 0.5) is 0 Å². The van der Waals surface area contributed by atoms with Crippen molar-refractivity contribution in [1.82, 2.24) is 19.8 Å². The van der Waals surface area contributed by atoms with Crippen molar-refractivity contribution in [2.45, 2.75) is 50.2 Å². The summed E-state index contributed by atoms with van der Waals surface area (Å²) in [5, 5.41) is 13.6. The minimum atomic E-state index is 0.0254.